The van der Waals surface area contributed by atoms with Crippen LogP contribution in [0.1, 0.15) is 42.3 Å². The second-order valence-corrected chi connectivity index (χ2v) is 9.39. The number of nitrogens with two attached hydrogens (primary N) is 1. The fourth-order valence-electron chi connectivity index (χ4n) is 3.84. The first kappa shape index (κ1) is 23.1. The molecule has 168 valence electrons. The number of amides is 1. The number of primary amides is 1. The molecule has 0 saturated carbocycles. The average Bonchev–Trinajstić information content (AvgIpc) is 2.73. The molecule has 0 aromatic heterocycles. The number of aliphatic hydroxyl groups is 1. The molecular weight excluding hydrogens is 390 g/mol. The van der Waals surface area contributed by atoms with Crippen molar-refractivity contribution in [1.82, 2.24) is 4.90 Å². The summed E-state index contributed by atoms with van der Waals surface area (Å²) in [5.41, 5.74) is 9.39. The fraction of sp³-hybridized carbons (Fsp3) is 0.480. The third-order valence-corrected chi connectivity index (χ3v) is 5.83. The van der Waals surface area contributed by atoms with Crippen molar-refractivity contribution in [2.24, 2.45) is 5.73 Å². The van der Waals surface area contributed by atoms with Gasteiger partial charge in [-0.2, -0.15) is 0 Å². The molecular formula is C25H35N3O3. The van der Waals surface area contributed by atoms with Gasteiger partial charge in [-0.1, -0.05) is 32.9 Å². The Morgan fingerprint density at radius 3 is 2.29 bits per heavy atom. The van der Waals surface area contributed by atoms with Crippen LogP contribution in [0, 0.1) is 6.92 Å². The summed E-state index contributed by atoms with van der Waals surface area (Å²) >= 11 is 0. The van der Waals surface area contributed by atoms with Crippen LogP contribution in [0.4, 0.5) is 5.69 Å². The molecule has 1 aliphatic rings. The number of benzene rings is 2. The minimum absolute atomic E-state index is 0.106. The SMILES string of the molecule is Cc1cc(C(C)(C)C)ccc1OCC(O)CN1CCN(c2ccc(C(N)=O)cc2)CC1. The lowest BCUT2D eigenvalue weighted by Gasteiger charge is -2.37. The van der Waals surface area contributed by atoms with Gasteiger partial charge in [0.15, 0.2) is 0 Å². The van der Waals surface area contributed by atoms with E-state index in [0.29, 0.717) is 12.1 Å². The van der Waals surface area contributed by atoms with Gasteiger partial charge >= 0.3 is 0 Å². The highest BCUT2D eigenvalue weighted by Gasteiger charge is 2.20. The molecule has 3 N–H and O–H groups in total. The van der Waals surface area contributed by atoms with Crippen molar-refractivity contribution in [3.05, 3.63) is 59.2 Å². The average molecular weight is 426 g/mol. The van der Waals surface area contributed by atoms with Crippen LogP contribution in [0.3, 0.4) is 0 Å². The van der Waals surface area contributed by atoms with Crippen molar-refractivity contribution in [3.8, 4) is 5.75 Å². The molecule has 2 aromatic carbocycles. The highest BCUT2D eigenvalue weighted by Crippen LogP contribution is 2.27. The van der Waals surface area contributed by atoms with Crippen LogP contribution in [0.25, 0.3) is 0 Å². The first-order valence-electron chi connectivity index (χ1n) is 10.9. The fourth-order valence-corrected chi connectivity index (χ4v) is 3.84. The van der Waals surface area contributed by atoms with Gasteiger partial charge in [0.1, 0.15) is 18.5 Å². The summed E-state index contributed by atoms with van der Waals surface area (Å²) in [7, 11) is 0. The third kappa shape index (κ3) is 6.21. The molecule has 0 radical (unpaired) electrons. The standard InChI is InChI=1S/C25H35N3O3/c1-18-15-20(25(2,3)4)7-10-23(18)31-17-22(29)16-27-11-13-28(14-12-27)21-8-5-19(6-9-21)24(26)30/h5-10,15,22,29H,11-14,16-17H2,1-4H3,(H2,26,30). The van der Waals surface area contributed by atoms with Crippen molar-refractivity contribution in [1.29, 1.82) is 0 Å². The Bertz CT molecular complexity index is 882. The number of β-amino-alcohol motifs (C(OH)–C–C–N with tert-alkyl or cyclic N) is 1. The summed E-state index contributed by atoms with van der Waals surface area (Å²) in [6, 6.07) is 13.7. The van der Waals surface area contributed by atoms with Gasteiger partial charge in [0.25, 0.3) is 0 Å². The molecule has 6 heteroatoms. The maximum Gasteiger partial charge on any atom is 0.248 e. The van der Waals surface area contributed by atoms with E-state index in [0.717, 1.165) is 43.2 Å². The smallest absolute Gasteiger partial charge is 0.248 e. The molecule has 1 fully saturated rings. The molecule has 0 spiro atoms. The van der Waals surface area contributed by atoms with Crippen molar-refractivity contribution in [2.45, 2.75) is 39.2 Å². The molecule has 1 atom stereocenters. The number of ether oxygens (including phenoxy) is 1. The number of hydrogen-bond acceptors (Lipinski definition) is 5. The summed E-state index contributed by atoms with van der Waals surface area (Å²) in [6.07, 6.45) is -0.539. The minimum atomic E-state index is -0.539. The van der Waals surface area contributed by atoms with E-state index in [1.807, 2.05) is 25.1 Å². The predicted octanol–water partition coefficient (Wildman–Crippen LogP) is 2.95. The molecule has 0 bridgehead atoms. The number of hydrogen-bond donors (Lipinski definition) is 2. The highest BCUT2D eigenvalue weighted by atomic mass is 16.5. The summed E-state index contributed by atoms with van der Waals surface area (Å²) < 4.78 is 5.90. The second-order valence-electron chi connectivity index (χ2n) is 9.39. The normalized spacial score (nSPS) is 16.2. The van der Waals surface area contributed by atoms with Crippen molar-refractivity contribution >= 4 is 11.6 Å². The molecule has 1 aliphatic heterocycles. The van der Waals surface area contributed by atoms with Gasteiger partial charge in [-0.3, -0.25) is 9.69 Å². The van der Waals surface area contributed by atoms with Crippen LogP contribution in [0.2, 0.25) is 0 Å². The Hall–Kier alpha value is -2.57. The van der Waals surface area contributed by atoms with Crippen LogP contribution in [0.5, 0.6) is 5.75 Å². The number of carbonyl (C=O) groups is 1. The van der Waals surface area contributed by atoms with Crippen LogP contribution in [0.15, 0.2) is 42.5 Å². The molecule has 6 nitrogen and oxygen atoms in total. The number of aryl methyl sites for hydroxylation is 1. The summed E-state index contributed by atoms with van der Waals surface area (Å²) in [4.78, 5) is 15.8. The molecule has 1 amide bonds. The Balaban J connectivity index is 1.45. The Morgan fingerprint density at radius 2 is 1.74 bits per heavy atom. The van der Waals surface area contributed by atoms with E-state index in [-0.39, 0.29) is 12.0 Å². The first-order chi connectivity index (χ1) is 14.6. The number of piperazine rings is 1. The zero-order valence-electron chi connectivity index (χ0n) is 19.1. The largest absolute Gasteiger partial charge is 0.491 e. The zero-order chi connectivity index (χ0) is 22.6. The van der Waals surface area contributed by atoms with E-state index >= 15 is 0 Å². The van der Waals surface area contributed by atoms with Gasteiger partial charge in [0.2, 0.25) is 5.91 Å². The number of carbonyl (C=O) groups excluding carboxylic acids is 1. The molecule has 1 saturated heterocycles. The van der Waals surface area contributed by atoms with Gasteiger partial charge < -0.3 is 20.5 Å². The van der Waals surface area contributed by atoms with Gasteiger partial charge in [-0.05, 0) is 53.8 Å². The lowest BCUT2D eigenvalue weighted by molar-refractivity contribution is 0.0660. The topological polar surface area (TPSA) is 79.0 Å². The number of rotatable bonds is 7. The highest BCUT2D eigenvalue weighted by molar-refractivity contribution is 5.93. The van der Waals surface area contributed by atoms with Crippen molar-refractivity contribution in [2.75, 3.05) is 44.2 Å². The molecule has 1 heterocycles. The molecule has 2 aromatic rings. The predicted molar refractivity (Wildman–Crippen MR) is 125 cm³/mol. The van der Waals surface area contributed by atoms with Gasteiger partial charge in [-0.15, -0.1) is 0 Å². The number of anilines is 1. The summed E-state index contributed by atoms with van der Waals surface area (Å²) in [5, 5.41) is 10.5. The molecule has 0 aliphatic carbocycles. The van der Waals surface area contributed by atoms with E-state index in [1.165, 1.54) is 5.56 Å². The van der Waals surface area contributed by atoms with E-state index < -0.39 is 12.0 Å². The van der Waals surface area contributed by atoms with Crippen molar-refractivity contribution < 1.29 is 14.6 Å². The summed E-state index contributed by atoms with van der Waals surface area (Å²) in [6.45, 7) is 13.0. The van der Waals surface area contributed by atoms with Crippen LogP contribution in [-0.4, -0.2) is 61.3 Å². The Kier molecular flexibility index (Phi) is 7.23. The monoisotopic (exact) mass is 425 g/mol. The maximum absolute atomic E-state index is 11.2. The van der Waals surface area contributed by atoms with Crippen LogP contribution < -0.4 is 15.4 Å². The van der Waals surface area contributed by atoms with E-state index in [4.69, 9.17) is 10.5 Å². The third-order valence-electron chi connectivity index (χ3n) is 5.83. The van der Waals surface area contributed by atoms with Gasteiger partial charge in [-0.25, -0.2) is 0 Å². The molecule has 3 rings (SSSR count). The van der Waals surface area contributed by atoms with Crippen molar-refractivity contribution in [3.63, 3.8) is 0 Å². The summed E-state index contributed by atoms with van der Waals surface area (Å²) in [5.74, 6) is 0.421. The van der Waals surface area contributed by atoms with E-state index in [9.17, 15) is 9.90 Å². The molecule has 31 heavy (non-hydrogen) atoms. The van der Waals surface area contributed by atoms with Gasteiger partial charge in [0.05, 0.1) is 0 Å². The van der Waals surface area contributed by atoms with Crippen LogP contribution >= 0.6 is 0 Å². The van der Waals surface area contributed by atoms with E-state index in [1.54, 1.807) is 12.1 Å². The first-order valence-corrected chi connectivity index (χ1v) is 10.9. The minimum Gasteiger partial charge on any atom is -0.491 e. The van der Waals surface area contributed by atoms with E-state index in [2.05, 4.69) is 42.7 Å². The second kappa shape index (κ2) is 9.71. The van der Waals surface area contributed by atoms with Crippen LogP contribution in [-0.2, 0) is 5.41 Å². The maximum atomic E-state index is 11.2. The zero-order valence-corrected chi connectivity index (χ0v) is 19.1. The number of aliphatic hydroxyl groups excluding tert-OH is 1. The lowest BCUT2D eigenvalue weighted by Crippen LogP contribution is -2.49. The van der Waals surface area contributed by atoms with Gasteiger partial charge in [0, 0.05) is 44.0 Å². The number of nitrogens with zero attached hydrogens (tertiary/aromatic N) is 2. The lowest BCUT2D eigenvalue weighted by atomic mass is 9.86. The molecule has 1 unspecified atom stereocenters. The quantitative estimate of drug-likeness (QED) is 0.713. The Labute approximate surface area is 185 Å². The Morgan fingerprint density at radius 1 is 1.10 bits per heavy atom.